The average molecular weight is 332 g/mol. The Hall–Kier alpha value is -1.84. The number of aliphatic hydroxyl groups is 1. The zero-order valence-corrected chi connectivity index (χ0v) is 15.7. The minimum atomic E-state index is 0.0743. The molecule has 1 unspecified atom stereocenters. The summed E-state index contributed by atoms with van der Waals surface area (Å²) in [5.41, 5.74) is 1.91. The molecule has 0 saturated heterocycles. The van der Waals surface area contributed by atoms with E-state index in [2.05, 4.69) is 35.4 Å². The Morgan fingerprint density at radius 2 is 2.00 bits per heavy atom. The second-order valence-corrected chi connectivity index (χ2v) is 6.83. The molecule has 0 aliphatic heterocycles. The quantitative estimate of drug-likeness (QED) is 0.300. The molecule has 1 saturated carbocycles. The number of aliphatic hydroxyl groups excluding tert-OH is 1. The lowest BCUT2D eigenvalue weighted by molar-refractivity contribution is 0.443. The summed E-state index contributed by atoms with van der Waals surface area (Å²) in [6.07, 6.45) is 9.07. The van der Waals surface area contributed by atoms with Gasteiger partial charge in [-0.1, -0.05) is 44.9 Å². The van der Waals surface area contributed by atoms with Crippen molar-refractivity contribution in [3.8, 4) is 0 Å². The highest BCUT2D eigenvalue weighted by Gasteiger charge is 2.25. The summed E-state index contributed by atoms with van der Waals surface area (Å²) in [6, 6.07) is 0.410. The van der Waals surface area contributed by atoms with Crippen molar-refractivity contribution < 1.29 is 5.11 Å². The van der Waals surface area contributed by atoms with Crippen LogP contribution in [-0.2, 0) is 0 Å². The molecule has 4 nitrogen and oxygen atoms in total. The first kappa shape index (κ1) is 20.2. The molecule has 1 fully saturated rings. The topological polar surface area (TPSA) is 57.0 Å². The van der Waals surface area contributed by atoms with Crippen molar-refractivity contribution in [2.45, 2.75) is 65.3 Å². The molecule has 0 aromatic carbocycles. The molecular formula is C20H33N3O. The first-order valence-corrected chi connectivity index (χ1v) is 8.91. The lowest BCUT2D eigenvalue weighted by atomic mass is 10.0. The summed E-state index contributed by atoms with van der Waals surface area (Å²) in [5, 5.41) is 13.6. The normalized spacial score (nSPS) is 22.6. The van der Waals surface area contributed by atoms with E-state index in [1.165, 1.54) is 32.1 Å². The summed E-state index contributed by atoms with van der Waals surface area (Å²) in [4.78, 5) is 8.73. The highest BCUT2D eigenvalue weighted by molar-refractivity contribution is 6.14. The van der Waals surface area contributed by atoms with Gasteiger partial charge in [0.25, 0.3) is 0 Å². The van der Waals surface area contributed by atoms with Gasteiger partial charge < -0.3 is 10.4 Å². The Labute approximate surface area is 147 Å². The third kappa shape index (κ3) is 6.73. The van der Waals surface area contributed by atoms with E-state index in [4.69, 9.17) is 0 Å². The fraction of sp³-hybridized carbons (Fsp3) is 0.600. The largest absolute Gasteiger partial charge is 0.506 e. The first-order chi connectivity index (χ1) is 11.4. The number of unbranched alkanes of at least 4 members (excludes halogenated alkanes) is 1. The van der Waals surface area contributed by atoms with Gasteiger partial charge in [0, 0.05) is 13.1 Å². The van der Waals surface area contributed by atoms with Crippen LogP contribution < -0.4 is 5.32 Å². The van der Waals surface area contributed by atoms with E-state index >= 15 is 0 Å². The molecule has 4 heteroatoms. The Kier molecular flexibility index (Phi) is 8.51. The molecule has 0 aromatic heterocycles. The fourth-order valence-corrected chi connectivity index (χ4v) is 3.07. The van der Waals surface area contributed by atoms with E-state index in [0.29, 0.717) is 23.3 Å². The summed E-state index contributed by atoms with van der Waals surface area (Å²) in [7, 11) is 1.71. The van der Waals surface area contributed by atoms with E-state index in [1.54, 1.807) is 13.1 Å². The van der Waals surface area contributed by atoms with E-state index in [1.807, 2.05) is 13.8 Å². The molecule has 0 spiro atoms. The van der Waals surface area contributed by atoms with Crippen LogP contribution in [0.1, 0.15) is 59.3 Å². The lowest BCUT2D eigenvalue weighted by Gasteiger charge is -2.15. The van der Waals surface area contributed by atoms with Gasteiger partial charge in [0.05, 0.1) is 0 Å². The maximum absolute atomic E-state index is 10.2. The number of allylic oxidation sites excluding steroid dienone is 3. The molecule has 2 atom stereocenters. The van der Waals surface area contributed by atoms with Crippen LogP contribution in [0.15, 0.2) is 46.1 Å². The highest BCUT2D eigenvalue weighted by Crippen LogP contribution is 2.29. The van der Waals surface area contributed by atoms with Crippen LogP contribution in [0.2, 0.25) is 0 Å². The molecular weight excluding hydrogens is 298 g/mol. The third-order valence-corrected chi connectivity index (χ3v) is 4.30. The SMILES string of the molecule is C=C(C)/C=C(O)\C(=N\C(=NC)NC1CC[C@@H](CCCC)C1)C(=C)C. The van der Waals surface area contributed by atoms with Crippen LogP contribution in [0, 0.1) is 5.92 Å². The average Bonchev–Trinajstić information content (AvgIpc) is 2.95. The van der Waals surface area contributed by atoms with Crippen LogP contribution in [0.4, 0.5) is 0 Å². The molecule has 1 aliphatic carbocycles. The maximum Gasteiger partial charge on any atom is 0.218 e. The van der Waals surface area contributed by atoms with Gasteiger partial charge in [0.2, 0.25) is 5.96 Å². The minimum absolute atomic E-state index is 0.0743. The number of rotatable bonds is 7. The maximum atomic E-state index is 10.2. The van der Waals surface area contributed by atoms with Gasteiger partial charge >= 0.3 is 0 Å². The molecule has 1 rings (SSSR count). The standard InChI is InChI=1S/C20H33N3O/c1-7-8-9-16-10-11-17(13-16)22-20(21-6)23-19(15(4)5)18(24)12-14(2)3/h12,16-17,24H,2,4,7-11,13H2,1,3,5-6H3,(H,21,22)/b18-12+,23-19+/t16-,17?/m1/s1. The summed E-state index contributed by atoms with van der Waals surface area (Å²) < 4.78 is 0. The zero-order valence-electron chi connectivity index (χ0n) is 15.7. The van der Waals surface area contributed by atoms with Gasteiger partial charge in [-0.25, -0.2) is 4.99 Å². The molecule has 0 amide bonds. The van der Waals surface area contributed by atoms with Gasteiger partial charge in [-0.05, 0) is 50.7 Å². The van der Waals surface area contributed by atoms with Gasteiger partial charge in [-0.3, -0.25) is 4.99 Å². The molecule has 0 bridgehead atoms. The Bertz CT molecular complexity index is 543. The monoisotopic (exact) mass is 331 g/mol. The number of hydrogen-bond donors (Lipinski definition) is 2. The minimum Gasteiger partial charge on any atom is -0.506 e. The molecule has 0 aromatic rings. The first-order valence-electron chi connectivity index (χ1n) is 8.91. The molecule has 2 N–H and O–H groups in total. The van der Waals surface area contributed by atoms with E-state index in [-0.39, 0.29) is 5.76 Å². The number of guanidine groups is 1. The summed E-state index contributed by atoms with van der Waals surface area (Å²) in [6.45, 7) is 13.6. The number of nitrogens with zero attached hydrogens (tertiary/aromatic N) is 2. The summed E-state index contributed by atoms with van der Waals surface area (Å²) >= 11 is 0. The third-order valence-electron chi connectivity index (χ3n) is 4.30. The van der Waals surface area contributed by atoms with Crippen molar-refractivity contribution in [3.05, 3.63) is 36.1 Å². The second kappa shape index (κ2) is 10.1. The van der Waals surface area contributed by atoms with Crippen LogP contribution in [0.25, 0.3) is 0 Å². The van der Waals surface area contributed by atoms with Crippen molar-refractivity contribution in [2.75, 3.05) is 7.05 Å². The van der Waals surface area contributed by atoms with E-state index in [0.717, 1.165) is 17.9 Å². The van der Waals surface area contributed by atoms with Crippen molar-refractivity contribution >= 4 is 11.7 Å². The van der Waals surface area contributed by atoms with Gasteiger partial charge in [0.15, 0.2) is 0 Å². The smallest absolute Gasteiger partial charge is 0.218 e. The predicted molar refractivity (Wildman–Crippen MR) is 105 cm³/mol. The fourth-order valence-electron chi connectivity index (χ4n) is 3.07. The summed E-state index contributed by atoms with van der Waals surface area (Å²) in [5.74, 6) is 1.43. The molecule has 0 heterocycles. The Morgan fingerprint density at radius 3 is 2.54 bits per heavy atom. The zero-order chi connectivity index (χ0) is 18.1. The second-order valence-electron chi connectivity index (χ2n) is 6.83. The van der Waals surface area contributed by atoms with Crippen LogP contribution in [-0.4, -0.2) is 29.9 Å². The van der Waals surface area contributed by atoms with Crippen LogP contribution >= 0.6 is 0 Å². The molecule has 134 valence electrons. The number of nitrogens with one attached hydrogen (secondary N) is 1. The molecule has 24 heavy (non-hydrogen) atoms. The van der Waals surface area contributed by atoms with Gasteiger partial charge in [0.1, 0.15) is 11.5 Å². The van der Waals surface area contributed by atoms with E-state index in [9.17, 15) is 5.11 Å². The lowest BCUT2D eigenvalue weighted by Crippen LogP contribution is -2.32. The highest BCUT2D eigenvalue weighted by atomic mass is 16.3. The molecule has 0 radical (unpaired) electrons. The van der Waals surface area contributed by atoms with E-state index < -0.39 is 0 Å². The van der Waals surface area contributed by atoms with Crippen LogP contribution in [0.3, 0.4) is 0 Å². The van der Waals surface area contributed by atoms with Gasteiger partial charge in [-0.15, -0.1) is 0 Å². The van der Waals surface area contributed by atoms with Crippen molar-refractivity contribution in [2.24, 2.45) is 15.9 Å². The predicted octanol–water partition coefficient (Wildman–Crippen LogP) is 4.96. The molecule has 1 aliphatic rings. The van der Waals surface area contributed by atoms with Gasteiger partial charge in [-0.2, -0.15) is 0 Å². The number of hydrogen-bond acceptors (Lipinski definition) is 2. The van der Waals surface area contributed by atoms with Crippen molar-refractivity contribution in [1.82, 2.24) is 5.32 Å². The van der Waals surface area contributed by atoms with Crippen molar-refractivity contribution in [1.29, 1.82) is 0 Å². The van der Waals surface area contributed by atoms with Crippen molar-refractivity contribution in [3.63, 3.8) is 0 Å². The number of aliphatic imine (C=N–C) groups is 2. The Balaban J connectivity index is 2.78. The Morgan fingerprint density at radius 1 is 1.29 bits per heavy atom. The van der Waals surface area contributed by atoms with Crippen LogP contribution in [0.5, 0.6) is 0 Å².